The maximum Gasteiger partial charge on any atom is 0.221 e. The van der Waals surface area contributed by atoms with Crippen molar-refractivity contribution in [1.82, 2.24) is 10.2 Å². The number of hydrogen-bond donors (Lipinski definition) is 1. The molecular formula is C13H16FN3O. The molecule has 5 heteroatoms. The molecule has 1 aromatic rings. The predicted octanol–water partition coefficient (Wildman–Crippen LogP) is 1.27. The van der Waals surface area contributed by atoms with Gasteiger partial charge < -0.3 is 10.2 Å². The van der Waals surface area contributed by atoms with Gasteiger partial charge in [0.05, 0.1) is 11.6 Å². The van der Waals surface area contributed by atoms with Crippen molar-refractivity contribution < 1.29 is 9.18 Å². The van der Waals surface area contributed by atoms with Gasteiger partial charge in [-0.2, -0.15) is 5.26 Å². The summed E-state index contributed by atoms with van der Waals surface area (Å²) < 4.78 is 13.1. The zero-order chi connectivity index (χ0) is 13.5. The standard InChI is InChI=1S/C13H16FN3O/c1-16-13(18)5-6-17(2)9-11-7-12(14)4-3-10(11)8-15/h3-4,7H,5-6,9H2,1-2H3,(H,16,18). The zero-order valence-electron chi connectivity index (χ0n) is 10.5. The lowest BCUT2D eigenvalue weighted by Crippen LogP contribution is -2.26. The van der Waals surface area contributed by atoms with E-state index in [-0.39, 0.29) is 11.7 Å². The highest BCUT2D eigenvalue weighted by molar-refractivity contribution is 5.75. The van der Waals surface area contributed by atoms with Crippen molar-refractivity contribution >= 4 is 5.91 Å². The number of nitrogens with zero attached hydrogens (tertiary/aromatic N) is 2. The Bertz CT molecular complexity index is 468. The second kappa shape index (κ2) is 6.72. The van der Waals surface area contributed by atoms with Crippen LogP contribution in [-0.4, -0.2) is 31.4 Å². The predicted molar refractivity (Wildman–Crippen MR) is 66.1 cm³/mol. The second-order valence-corrected chi connectivity index (χ2v) is 4.07. The average molecular weight is 249 g/mol. The SMILES string of the molecule is CNC(=O)CCN(C)Cc1cc(F)ccc1C#N. The Balaban J connectivity index is 2.64. The van der Waals surface area contributed by atoms with Gasteiger partial charge in [0.25, 0.3) is 0 Å². The van der Waals surface area contributed by atoms with Crippen molar-refractivity contribution in [3.8, 4) is 6.07 Å². The van der Waals surface area contributed by atoms with Crippen LogP contribution in [0.5, 0.6) is 0 Å². The van der Waals surface area contributed by atoms with Crippen LogP contribution in [-0.2, 0) is 11.3 Å². The highest BCUT2D eigenvalue weighted by Gasteiger charge is 2.08. The summed E-state index contributed by atoms with van der Waals surface area (Å²) in [6.07, 6.45) is 0.379. The second-order valence-electron chi connectivity index (χ2n) is 4.07. The average Bonchev–Trinajstić information content (AvgIpc) is 2.36. The zero-order valence-corrected chi connectivity index (χ0v) is 10.5. The highest BCUT2D eigenvalue weighted by Crippen LogP contribution is 2.12. The summed E-state index contributed by atoms with van der Waals surface area (Å²) in [6, 6.07) is 6.13. The number of carbonyl (C=O) groups excluding carboxylic acids is 1. The first-order valence-corrected chi connectivity index (χ1v) is 5.64. The molecule has 0 atom stereocenters. The summed E-state index contributed by atoms with van der Waals surface area (Å²) in [5.41, 5.74) is 1.10. The van der Waals surface area contributed by atoms with Gasteiger partial charge in [0.15, 0.2) is 0 Å². The van der Waals surface area contributed by atoms with E-state index in [1.54, 1.807) is 7.05 Å². The number of carbonyl (C=O) groups is 1. The summed E-state index contributed by atoms with van der Waals surface area (Å²) in [5.74, 6) is -0.398. The van der Waals surface area contributed by atoms with E-state index in [9.17, 15) is 9.18 Å². The Kier molecular flexibility index (Phi) is 5.28. The number of halogens is 1. The lowest BCUT2D eigenvalue weighted by atomic mass is 10.1. The molecule has 0 saturated heterocycles. The third-order valence-corrected chi connectivity index (χ3v) is 2.63. The van der Waals surface area contributed by atoms with Crippen LogP contribution in [0.3, 0.4) is 0 Å². The Labute approximate surface area is 106 Å². The Hall–Kier alpha value is -1.93. The van der Waals surface area contributed by atoms with Crippen molar-refractivity contribution in [2.24, 2.45) is 0 Å². The number of benzene rings is 1. The van der Waals surface area contributed by atoms with Crippen LogP contribution in [0.2, 0.25) is 0 Å². The van der Waals surface area contributed by atoms with Gasteiger partial charge in [-0.05, 0) is 30.8 Å². The molecule has 96 valence electrons. The van der Waals surface area contributed by atoms with E-state index in [2.05, 4.69) is 5.32 Å². The maximum absolute atomic E-state index is 13.1. The first kappa shape index (κ1) is 14.1. The van der Waals surface area contributed by atoms with E-state index in [1.807, 2.05) is 18.0 Å². The van der Waals surface area contributed by atoms with Crippen LogP contribution in [0, 0.1) is 17.1 Å². The molecule has 0 aliphatic carbocycles. The first-order valence-electron chi connectivity index (χ1n) is 5.64. The van der Waals surface area contributed by atoms with Crippen LogP contribution in [0.1, 0.15) is 17.5 Å². The number of amides is 1. The minimum Gasteiger partial charge on any atom is -0.359 e. The fraction of sp³-hybridized carbons (Fsp3) is 0.385. The quantitative estimate of drug-likeness (QED) is 0.854. The normalized spacial score (nSPS) is 10.2. The first-order chi connectivity index (χ1) is 8.56. The number of hydrogen-bond acceptors (Lipinski definition) is 3. The van der Waals surface area contributed by atoms with Crippen LogP contribution >= 0.6 is 0 Å². The fourth-order valence-corrected chi connectivity index (χ4v) is 1.59. The molecule has 0 aromatic heterocycles. The summed E-state index contributed by atoms with van der Waals surface area (Å²) in [6.45, 7) is 0.999. The van der Waals surface area contributed by atoms with Crippen LogP contribution in [0.15, 0.2) is 18.2 Å². The lowest BCUT2D eigenvalue weighted by molar-refractivity contribution is -0.120. The molecule has 4 nitrogen and oxygen atoms in total. The molecule has 0 bridgehead atoms. The van der Waals surface area contributed by atoms with E-state index < -0.39 is 0 Å². The van der Waals surface area contributed by atoms with Gasteiger partial charge in [-0.15, -0.1) is 0 Å². The Morgan fingerprint density at radius 2 is 2.28 bits per heavy atom. The van der Waals surface area contributed by atoms with Gasteiger partial charge in [0.1, 0.15) is 5.82 Å². The van der Waals surface area contributed by atoms with E-state index >= 15 is 0 Å². The number of nitrogens with one attached hydrogen (secondary N) is 1. The van der Waals surface area contributed by atoms with Crippen molar-refractivity contribution in [3.63, 3.8) is 0 Å². The molecule has 1 aromatic carbocycles. The van der Waals surface area contributed by atoms with Gasteiger partial charge in [0.2, 0.25) is 5.91 Å². The van der Waals surface area contributed by atoms with Crippen molar-refractivity contribution in [2.45, 2.75) is 13.0 Å². The van der Waals surface area contributed by atoms with Crippen molar-refractivity contribution in [1.29, 1.82) is 5.26 Å². The van der Waals surface area contributed by atoms with E-state index in [0.29, 0.717) is 30.6 Å². The smallest absolute Gasteiger partial charge is 0.221 e. The monoisotopic (exact) mass is 249 g/mol. The third kappa shape index (κ3) is 4.15. The molecule has 0 aliphatic heterocycles. The fourth-order valence-electron chi connectivity index (χ4n) is 1.59. The van der Waals surface area contributed by atoms with E-state index in [4.69, 9.17) is 5.26 Å². The summed E-state index contributed by atoms with van der Waals surface area (Å²) in [5, 5.41) is 11.5. The molecule has 1 rings (SSSR count). The van der Waals surface area contributed by atoms with Crippen molar-refractivity contribution in [3.05, 3.63) is 35.1 Å². The summed E-state index contributed by atoms with van der Waals surface area (Å²) in [7, 11) is 3.41. The lowest BCUT2D eigenvalue weighted by Gasteiger charge is -2.16. The van der Waals surface area contributed by atoms with Crippen LogP contribution < -0.4 is 5.32 Å². The van der Waals surface area contributed by atoms with Crippen LogP contribution in [0.4, 0.5) is 4.39 Å². The summed E-state index contributed by atoms with van der Waals surface area (Å²) >= 11 is 0. The maximum atomic E-state index is 13.1. The topological polar surface area (TPSA) is 56.1 Å². The molecule has 0 aliphatic rings. The Morgan fingerprint density at radius 1 is 1.56 bits per heavy atom. The molecule has 1 amide bonds. The van der Waals surface area contributed by atoms with Gasteiger partial charge in [0, 0.05) is 26.6 Å². The molecule has 18 heavy (non-hydrogen) atoms. The Morgan fingerprint density at radius 3 is 2.89 bits per heavy atom. The molecule has 0 fully saturated rings. The van der Waals surface area contributed by atoms with E-state index in [0.717, 1.165) is 0 Å². The molecular weight excluding hydrogens is 233 g/mol. The van der Waals surface area contributed by atoms with Gasteiger partial charge in [-0.1, -0.05) is 0 Å². The van der Waals surface area contributed by atoms with Gasteiger partial charge >= 0.3 is 0 Å². The molecule has 0 heterocycles. The van der Waals surface area contributed by atoms with Gasteiger partial charge in [-0.3, -0.25) is 4.79 Å². The minimum absolute atomic E-state index is 0.0402. The van der Waals surface area contributed by atoms with Crippen molar-refractivity contribution in [2.75, 3.05) is 20.6 Å². The largest absolute Gasteiger partial charge is 0.359 e. The van der Waals surface area contributed by atoms with E-state index in [1.165, 1.54) is 18.2 Å². The molecule has 0 spiro atoms. The molecule has 0 unspecified atom stereocenters. The number of rotatable bonds is 5. The molecule has 0 saturated carbocycles. The highest BCUT2D eigenvalue weighted by atomic mass is 19.1. The molecule has 1 N–H and O–H groups in total. The molecule has 0 radical (unpaired) electrons. The number of nitriles is 1. The third-order valence-electron chi connectivity index (χ3n) is 2.63. The van der Waals surface area contributed by atoms with Crippen LogP contribution in [0.25, 0.3) is 0 Å². The summed E-state index contributed by atoms with van der Waals surface area (Å²) in [4.78, 5) is 13.0. The minimum atomic E-state index is -0.358. The van der Waals surface area contributed by atoms with Gasteiger partial charge in [-0.25, -0.2) is 4.39 Å².